The Morgan fingerprint density at radius 2 is 1.82 bits per heavy atom. The molecule has 1 aliphatic carbocycles. The van der Waals surface area contributed by atoms with Crippen LogP contribution in [0.5, 0.6) is 11.5 Å². The number of allylic oxidation sites excluding steroid dienone is 1. The van der Waals surface area contributed by atoms with Gasteiger partial charge in [0.1, 0.15) is 11.5 Å². The third-order valence-corrected chi connectivity index (χ3v) is 4.12. The fourth-order valence-electron chi connectivity index (χ4n) is 2.60. The van der Waals surface area contributed by atoms with Crippen molar-refractivity contribution in [2.24, 2.45) is 0 Å². The van der Waals surface area contributed by atoms with E-state index in [1.54, 1.807) is 0 Å². The van der Waals surface area contributed by atoms with Crippen LogP contribution in [0.4, 0.5) is 0 Å². The Hall–Kier alpha value is -1.54. The third kappa shape index (κ3) is 1.25. The Morgan fingerprint density at radius 1 is 1.00 bits per heavy atom. The van der Waals surface area contributed by atoms with Gasteiger partial charge in [-0.25, -0.2) is 0 Å². The molecule has 0 N–H and O–H groups in total. The van der Waals surface area contributed by atoms with Gasteiger partial charge in [-0.2, -0.15) is 0 Å². The summed E-state index contributed by atoms with van der Waals surface area (Å²) in [5.41, 5.74) is 3.83. The van der Waals surface area contributed by atoms with E-state index in [0.717, 1.165) is 16.0 Å². The first-order valence-electron chi connectivity index (χ1n) is 5.61. The lowest BCUT2D eigenvalue weighted by Crippen LogP contribution is -1.96. The summed E-state index contributed by atoms with van der Waals surface area (Å²) in [6.45, 7) is 0. The first-order valence-corrected chi connectivity index (χ1v) is 6.40. The summed E-state index contributed by atoms with van der Waals surface area (Å²) < 4.78 is 7.08. The second kappa shape index (κ2) is 3.23. The monoisotopic (exact) mass is 284 g/mol. The molecule has 3 aliphatic rings. The number of hydrogen-bond acceptors (Lipinski definition) is 1. The van der Waals surface area contributed by atoms with Gasteiger partial charge in [0.25, 0.3) is 0 Å². The number of fused-ring (bicyclic) bond motifs is 2. The molecule has 0 saturated heterocycles. The lowest BCUT2D eigenvalue weighted by atomic mass is 9.93. The Morgan fingerprint density at radius 3 is 2.65 bits per heavy atom. The summed E-state index contributed by atoms with van der Waals surface area (Å²) in [4.78, 5) is 0. The minimum absolute atomic E-state index is 0.343. The van der Waals surface area contributed by atoms with Crippen LogP contribution in [-0.4, -0.2) is 0 Å². The van der Waals surface area contributed by atoms with Crippen LogP contribution >= 0.6 is 15.9 Å². The van der Waals surface area contributed by atoms with Gasteiger partial charge in [-0.1, -0.05) is 40.2 Å². The van der Waals surface area contributed by atoms with Gasteiger partial charge in [0, 0.05) is 16.0 Å². The summed E-state index contributed by atoms with van der Waals surface area (Å²) in [7, 11) is 0. The molecule has 0 spiro atoms. The molecule has 0 radical (unpaired) electrons. The van der Waals surface area contributed by atoms with Crippen molar-refractivity contribution >= 4 is 22.0 Å². The van der Waals surface area contributed by atoms with Crippen molar-refractivity contribution in [1.29, 1.82) is 0 Å². The molecule has 1 atom stereocenters. The highest BCUT2D eigenvalue weighted by Crippen LogP contribution is 2.46. The van der Waals surface area contributed by atoms with Gasteiger partial charge >= 0.3 is 0 Å². The lowest BCUT2D eigenvalue weighted by molar-refractivity contribution is 0.481. The van der Waals surface area contributed by atoms with Crippen molar-refractivity contribution in [3.05, 3.63) is 63.6 Å². The average molecular weight is 285 g/mol. The van der Waals surface area contributed by atoms with E-state index >= 15 is 0 Å². The fraction of sp³-hybridized carbons (Fsp3) is 0.0667. The Labute approximate surface area is 108 Å². The van der Waals surface area contributed by atoms with Crippen molar-refractivity contribution in [1.82, 2.24) is 0 Å². The number of benzene rings is 2. The molecule has 2 heteroatoms. The van der Waals surface area contributed by atoms with Crippen LogP contribution in [0.1, 0.15) is 22.6 Å². The maximum Gasteiger partial charge on any atom is 0.135 e. The topological polar surface area (TPSA) is 9.23 Å². The standard InChI is InChI=1S/C15H9BrO/c16-13-7-8-14-12-6-5-11(15(12)13)9-1-3-10(17-14)4-2-9/h1-8,11H. The van der Waals surface area contributed by atoms with Gasteiger partial charge in [0.15, 0.2) is 0 Å². The first-order chi connectivity index (χ1) is 8.33. The predicted molar refractivity (Wildman–Crippen MR) is 71.5 cm³/mol. The van der Waals surface area contributed by atoms with E-state index in [0.29, 0.717) is 5.92 Å². The second-order valence-electron chi connectivity index (χ2n) is 4.38. The van der Waals surface area contributed by atoms with Gasteiger partial charge in [0.05, 0.1) is 0 Å². The minimum atomic E-state index is 0.343. The minimum Gasteiger partial charge on any atom is -0.457 e. The molecular formula is C15H9BrO. The zero-order valence-electron chi connectivity index (χ0n) is 8.98. The lowest BCUT2D eigenvalue weighted by Gasteiger charge is -2.13. The average Bonchev–Trinajstić information content (AvgIpc) is 2.82. The first kappa shape index (κ1) is 9.49. The number of ether oxygens (including phenoxy) is 1. The highest BCUT2D eigenvalue weighted by Gasteiger charge is 2.26. The molecule has 17 heavy (non-hydrogen) atoms. The van der Waals surface area contributed by atoms with Gasteiger partial charge < -0.3 is 4.74 Å². The van der Waals surface area contributed by atoms with Crippen molar-refractivity contribution in [2.75, 3.05) is 0 Å². The molecule has 0 saturated carbocycles. The molecular weight excluding hydrogens is 276 g/mol. The third-order valence-electron chi connectivity index (χ3n) is 3.43. The maximum absolute atomic E-state index is 5.92. The van der Waals surface area contributed by atoms with Crippen LogP contribution in [0.2, 0.25) is 0 Å². The molecule has 2 aromatic rings. The van der Waals surface area contributed by atoms with Crippen LogP contribution in [0.3, 0.4) is 0 Å². The largest absolute Gasteiger partial charge is 0.457 e. The smallest absolute Gasteiger partial charge is 0.135 e. The van der Waals surface area contributed by atoms with Gasteiger partial charge in [0.2, 0.25) is 0 Å². The Balaban J connectivity index is 2.12. The molecule has 1 nitrogen and oxygen atoms in total. The summed E-state index contributed by atoms with van der Waals surface area (Å²) in [6, 6.07) is 12.4. The second-order valence-corrected chi connectivity index (χ2v) is 5.24. The molecule has 82 valence electrons. The van der Waals surface area contributed by atoms with Crippen molar-refractivity contribution in [3.63, 3.8) is 0 Å². The summed E-state index contributed by atoms with van der Waals surface area (Å²) >= 11 is 3.65. The zero-order chi connectivity index (χ0) is 11.4. The number of hydrogen-bond donors (Lipinski definition) is 0. The molecule has 5 rings (SSSR count). The SMILES string of the molecule is Brc1ccc2c3c1C(C=C3)c1ccc(cc1)O2. The van der Waals surface area contributed by atoms with E-state index < -0.39 is 0 Å². The summed E-state index contributed by atoms with van der Waals surface area (Å²) in [6.07, 6.45) is 4.40. The van der Waals surface area contributed by atoms with E-state index in [1.807, 2.05) is 18.2 Å². The van der Waals surface area contributed by atoms with E-state index in [9.17, 15) is 0 Å². The summed E-state index contributed by atoms with van der Waals surface area (Å²) in [5.74, 6) is 2.18. The van der Waals surface area contributed by atoms with Gasteiger partial charge in [-0.05, 0) is 35.4 Å². The molecule has 1 unspecified atom stereocenters. The molecule has 2 heterocycles. The van der Waals surface area contributed by atoms with Crippen LogP contribution in [-0.2, 0) is 0 Å². The van der Waals surface area contributed by atoms with E-state index in [4.69, 9.17) is 4.74 Å². The van der Waals surface area contributed by atoms with Crippen molar-refractivity contribution in [3.8, 4) is 11.5 Å². The molecule has 2 aliphatic heterocycles. The Kier molecular flexibility index (Phi) is 1.80. The predicted octanol–water partition coefficient (Wildman–Crippen LogP) is 4.71. The van der Waals surface area contributed by atoms with Gasteiger partial charge in [-0.15, -0.1) is 0 Å². The zero-order valence-corrected chi connectivity index (χ0v) is 10.6. The highest BCUT2D eigenvalue weighted by atomic mass is 79.9. The molecule has 2 aromatic carbocycles. The van der Waals surface area contributed by atoms with Crippen LogP contribution < -0.4 is 4.74 Å². The number of rotatable bonds is 0. The summed E-state index contributed by atoms with van der Waals surface area (Å²) in [5, 5.41) is 0. The normalized spacial score (nSPS) is 18.5. The number of halogens is 1. The van der Waals surface area contributed by atoms with Crippen molar-refractivity contribution < 1.29 is 4.74 Å². The van der Waals surface area contributed by atoms with E-state index in [2.05, 4.69) is 46.3 Å². The van der Waals surface area contributed by atoms with Crippen LogP contribution in [0.25, 0.3) is 6.08 Å². The highest BCUT2D eigenvalue weighted by molar-refractivity contribution is 9.10. The van der Waals surface area contributed by atoms with Crippen LogP contribution in [0.15, 0.2) is 46.9 Å². The van der Waals surface area contributed by atoms with Gasteiger partial charge in [-0.3, -0.25) is 0 Å². The fourth-order valence-corrected chi connectivity index (χ4v) is 3.20. The Bertz CT molecular complexity index is 641. The van der Waals surface area contributed by atoms with E-state index in [-0.39, 0.29) is 0 Å². The quantitative estimate of drug-likeness (QED) is 0.681. The van der Waals surface area contributed by atoms with E-state index in [1.165, 1.54) is 16.7 Å². The van der Waals surface area contributed by atoms with Crippen molar-refractivity contribution in [2.45, 2.75) is 5.92 Å². The molecule has 0 aromatic heterocycles. The maximum atomic E-state index is 5.92. The molecule has 6 bridgehead atoms. The van der Waals surface area contributed by atoms with Crippen LogP contribution in [0, 0.1) is 0 Å². The molecule has 0 amide bonds. The molecule has 0 fully saturated rings.